The third-order valence-electron chi connectivity index (χ3n) is 6.34. The van der Waals surface area contributed by atoms with E-state index in [4.69, 9.17) is 10.1 Å². The number of aryl methyl sites for hydroxylation is 1. The Morgan fingerprint density at radius 1 is 1.09 bits per heavy atom. The molecule has 1 fully saturated rings. The highest BCUT2D eigenvalue weighted by Crippen LogP contribution is 2.31. The minimum atomic E-state index is -0.931. The molecule has 6 heteroatoms. The van der Waals surface area contributed by atoms with Gasteiger partial charge < -0.3 is 5.11 Å². The van der Waals surface area contributed by atoms with Gasteiger partial charge in [-0.2, -0.15) is 5.10 Å². The maximum Gasteiger partial charge on any atom is 0.336 e. The Hall–Kier alpha value is -3.02. The molecule has 1 aromatic carbocycles. The van der Waals surface area contributed by atoms with Gasteiger partial charge in [-0.1, -0.05) is 63.3 Å². The van der Waals surface area contributed by atoms with Crippen molar-refractivity contribution in [1.82, 2.24) is 19.7 Å². The van der Waals surface area contributed by atoms with E-state index in [1.807, 2.05) is 28.9 Å². The van der Waals surface area contributed by atoms with Gasteiger partial charge in [-0.15, -0.1) is 0 Å². The van der Waals surface area contributed by atoms with Crippen LogP contribution in [0.15, 0.2) is 42.6 Å². The zero-order valence-corrected chi connectivity index (χ0v) is 18.8. The summed E-state index contributed by atoms with van der Waals surface area (Å²) in [4.78, 5) is 21.1. The predicted octanol–water partition coefficient (Wildman–Crippen LogP) is 5.87. The Kier molecular flexibility index (Phi) is 7.30. The Labute approximate surface area is 189 Å². The summed E-state index contributed by atoms with van der Waals surface area (Å²) in [5.41, 5.74) is 2.67. The number of aromatic carboxylic acids is 1. The highest BCUT2D eigenvalue weighted by Gasteiger charge is 2.22. The van der Waals surface area contributed by atoms with Crippen molar-refractivity contribution in [2.75, 3.05) is 0 Å². The molecule has 0 saturated heterocycles. The number of carboxylic acids is 1. The van der Waals surface area contributed by atoms with Crippen molar-refractivity contribution >= 4 is 5.97 Å². The number of hydrogen-bond acceptors (Lipinski definition) is 4. The molecule has 32 heavy (non-hydrogen) atoms. The topological polar surface area (TPSA) is 80.9 Å². The minimum Gasteiger partial charge on any atom is -0.478 e. The van der Waals surface area contributed by atoms with Crippen molar-refractivity contribution in [2.45, 2.75) is 77.2 Å². The SMILES string of the molecule is CCCCCc1nc(C2CCCCC2)nn1Cc1ccc(-c2ccccc2C(=O)O)cn1. The van der Waals surface area contributed by atoms with Crippen molar-refractivity contribution in [3.63, 3.8) is 0 Å². The molecular weight excluding hydrogens is 400 g/mol. The Bertz CT molecular complexity index is 1040. The maximum absolute atomic E-state index is 11.5. The first-order chi connectivity index (χ1) is 15.7. The summed E-state index contributed by atoms with van der Waals surface area (Å²) in [6.07, 6.45) is 12.4. The molecule has 4 rings (SSSR count). The average molecular weight is 433 g/mol. The van der Waals surface area contributed by atoms with E-state index in [1.165, 1.54) is 44.9 Å². The van der Waals surface area contributed by atoms with Gasteiger partial charge in [-0.25, -0.2) is 14.5 Å². The van der Waals surface area contributed by atoms with Crippen LogP contribution in [-0.2, 0) is 13.0 Å². The fourth-order valence-electron chi connectivity index (χ4n) is 4.52. The predicted molar refractivity (Wildman–Crippen MR) is 125 cm³/mol. The van der Waals surface area contributed by atoms with Crippen LogP contribution < -0.4 is 0 Å². The lowest BCUT2D eigenvalue weighted by Gasteiger charge is -2.18. The Morgan fingerprint density at radius 3 is 2.62 bits per heavy atom. The molecule has 0 atom stereocenters. The average Bonchev–Trinajstić information content (AvgIpc) is 3.23. The quantitative estimate of drug-likeness (QED) is 0.428. The molecule has 1 aliphatic carbocycles. The molecule has 2 aromatic heterocycles. The van der Waals surface area contributed by atoms with Crippen LogP contribution in [0.2, 0.25) is 0 Å². The first-order valence-electron chi connectivity index (χ1n) is 11.9. The lowest BCUT2D eigenvalue weighted by atomic mass is 9.89. The maximum atomic E-state index is 11.5. The van der Waals surface area contributed by atoms with E-state index in [-0.39, 0.29) is 5.56 Å². The zero-order valence-electron chi connectivity index (χ0n) is 18.8. The number of benzene rings is 1. The summed E-state index contributed by atoms with van der Waals surface area (Å²) < 4.78 is 2.03. The largest absolute Gasteiger partial charge is 0.478 e. The number of carboxylic acid groups (broad SMARTS) is 1. The van der Waals surface area contributed by atoms with Gasteiger partial charge in [0.1, 0.15) is 5.82 Å². The Morgan fingerprint density at radius 2 is 1.91 bits per heavy atom. The van der Waals surface area contributed by atoms with Gasteiger partial charge in [0.25, 0.3) is 0 Å². The van der Waals surface area contributed by atoms with Crippen LogP contribution in [0.1, 0.15) is 91.9 Å². The first-order valence-corrected chi connectivity index (χ1v) is 11.9. The smallest absolute Gasteiger partial charge is 0.336 e. The first kappa shape index (κ1) is 22.2. The van der Waals surface area contributed by atoms with E-state index in [0.717, 1.165) is 35.7 Å². The number of pyridine rings is 1. The molecule has 1 N–H and O–H groups in total. The number of aromatic nitrogens is 4. The lowest BCUT2D eigenvalue weighted by molar-refractivity contribution is 0.0697. The van der Waals surface area contributed by atoms with E-state index < -0.39 is 5.97 Å². The molecular formula is C26H32N4O2. The summed E-state index contributed by atoms with van der Waals surface area (Å²) in [6, 6.07) is 10.9. The number of carbonyl (C=O) groups is 1. The van der Waals surface area contributed by atoms with E-state index >= 15 is 0 Å². The molecule has 0 amide bonds. The molecule has 0 radical (unpaired) electrons. The third-order valence-corrected chi connectivity index (χ3v) is 6.34. The van der Waals surface area contributed by atoms with Gasteiger partial charge in [-0.3, -0.25) is 4.98 Å². The fraction of sp³-hybridized carbons (Fsp3) is 0.462. The number of unbranched alkanes of at least 4 members (excludes halogenated alkanes) is 2. The van der Waals surface area contributed by atoms with Crippen LogP contribution in [0, 0.1) is 0 Å². The second kappa shape index (κ2) is 10.5. The number of nitrogens with zero attached hydrogens (tertiary/aromatic N) is 4. The summed E-state index contributed by atoms with van der Waals surface area (Å²) in [7, 11) is 0. The second-order valence-corrected chi connectivity index (χ2v) is 8.72. The van der Waals surface area contributed by atoms with E-state index in [9.17, 15) is 9.90 Å². The highest BCUT2D eigenvalue weighted by molar-refractivity contribution is 5.95. The van der Waals surface area contributed by atoms with E-state index in [1.54, 1.807) is 18.3 Å². The summed E-state index contributed by atoms with van der Waals surface area (Å²) >= 11 is 0. The van der Waals surface area contributed by atoms with E-state index in [2.05, 4.69) is 11.9 Å². The summed E-state index contributed by atoms with van der Waals surface area (Å²) in [5.74, 6) is 1.61. The standard InChI is InChI=1S/C26H32N4O2/c1-2-3-5-14-24-28-25(19-10-6-4-7-11-19)29-30(24)18-21-16-15-20(17-27-21)22-12-8-9-13-23(22)26(31)32/h8-9,12-13,15-17,19H,2-7,10-11,14,18H2,1H3,(H,31,32). The van der Waals surface area contributed by atoms with Gasteiger partial charge >= 0.3 is 5.97 Å². The third kappa shape index (κ3) is 5.23. The summed E-state index contributed by atoms with van der Waals surface area (Å²) in [6.45, 7) is 2.80. The van der Waals surface area contributed by atoms with Crippen molar-refractivity contribution in [1.29, 1.82) is 0 Å². The number of hydrogen-bond donors (Lipinski definition) is 1. The molecule has 1 aliphatic rings. The second-order valence-electron chi connectivity index (χ2n) is 8.72. The highest BCUT2D eigenvalue weighted by atomic mass is 16.4. The van der Waals surface area contributed by atoms with Gasteiger partial charge in [-0.05, 0) is 37.0 Å². The molecule has 0 spiro atoms. The van der Waals surface area contributed by atoms with Crippen molar-refractivity contribution < 1.29 is 9.90 Å². The van der Waals surface area contributed by atoms with Crippen LogP contribution in [0.25, 0.3) is 11.1 Å². The van der Waals surface area contributed by atoms with Crippen LogP contribution in [-0.4, -0.2) is 30.8 Å². The normalized spacial score (nSPS) is 14.5. The molecule has 168 valence electrons. The van der Waals surface area contributed by atoms with Gasteiger partial charge in [0.05, 0.1) is 17.8 Å². The zero-order chi connectivity index (χ0) is 22.3. The molecule has 0 aliphatic heterocycles. The van der Waals surface area contributed by atoms with Gasteiger partial charge in [0.2, 0.25) is 0 Å². The van der Waals surface area contributed by atoms with E-state index in [0.29, 0.717) is 18.0 Å². The van der Waals surface area contributed by atoms with Crippen LogP contribution >= 0.6 is 0 Å². The van der Waals surface area contributed by atoms with Crippen LogP contribution in [0.3, 0.4) is 0 Å². The molecule has 0 unspecified atom stereocenters. The molecule has 1 saturated carbocycles. The van der Waals surface area contributed by atoms with Crippen molar-refractivity contribution in [3.8, 4) is 11.1 Å². The monoisotopic (exact) mass is 432 g/mol. The Balaban J connectivity index is 1.55. The number of rotatable bonds is 9. The molecule has 0 bridgehead atoms. The lowest BCUT2D eigenvalue weighted by Crippen LogP contribution is -2.10. The van der Waals surface area contributed by atoms with Gasteiger partial charge in [0.15, 0.2) is 5.82 Å². The van der Waals surface area contributed by atoms with Gasteiger partial charge in [0, 0.05) is 24.1 Å². The minimum absolute atomic E-state index is 0.286. The van der Waals surface area contributed by atoms with Crippen molar-refractivity contribution in [2.24, 2.45) is 0 Å². The van der Waals surface area contributed by atoms with Crippen molar-refractivity contribution in [3.05, 3.63) is 65.5 Å². The molecule has 3 aromatic rings. The summed E-state index contributed by atoms with van der Waals surface area (Å²) in [5, 5.41) is 14.4. The molecule has 6 nitrogen and oxygen atoms in total. The molecule has 2 heterocycles. The van der Waals surface area contributed by atoms with Crippen LogP contribution in [0.4, 0.5) is 0 Å². The fourth-order valence-corrected chi connectivity index (χ4v) is 4.52. The van der Waals surface area contributed by atoms with Crippen LogP contribution in [0.5, 0.6) is 0 Å².